The number of ketones is 1. The minimum absolute atomic E-state index is 0.0870. The van der Waals surface area contributed by atoms with Gasteiger partial charge >= 0.3 is 6.09 Å². The molecule has 0 saturated carbocycles. The van der Waals surface area contributed by atoms with Gasteiger partial charge in [0, 0.05) is 22.7 Å². The Morgan fingerprint density at radius 1 is 1.06 bits per heavy atom. The van der Waals surface area contributed by atoms with Crippen molar-refractivity contribution in [2.45, 2.75) is 26.9 Å². The van der Waals surface area contributed by atoms with E-state index in [9.17, 15) is 14.4 Å². The minimum atomic E-state index is -0.851. The molecule has 0 unspecified atom stereocenters. The van der Waals surface area contributed by atoms with E-state index >= 15 is 0 Å². The van der Waals surface area contributed by atoms with Crippen LogP contribution in [0, 0.1) is 5.41 Å². The Balaban J connectivity index is 2.25. The van der Waals surface area contributed by atoms with E-state index in [1.807, 2.05) is 0 Å². The maximum absolute atomic E-state index is 12.7. The van der Waals surface area contributed by atoms with Crippen LogP contribution in [0.1, 0.15) is 42.8 Å². The van der Waals surface area contributed by atoms with Gasteiger partial charge in [0.25, 0.3) is 5.91 Å². The smallest absolute Gasteiger partial charge is 0.412 e. The topological polar surface area (TPSA) is 134 Å². The number of carbonyl (C=O) groups is 3. The zero-order valence-corrected chi connectivity index (χ0v) is 18.7. The van der Waals surface area contributed by atoms with Crippen molar-refractivity contribution in [1.29, 1.82) is 0 Å². The number of hydrogen-bond acceptors (Lipinski definition) is 7. The van der Waals surface area contributed by atoms with Crippen LogP contribution in [0.3, 0.4) is 0 Å². The highest BCUT2D eigenvalue weighted by Crippen LogP contribution is 2.38. The zero-order chi connectivity index (χ0) is 24.4. The van der Waals surface area contributed by atoms with E-state index < -0.39 is 23.5 Å². The fourth-order valence-electron chi connectivity index (χ4n) is 3.01. The second kappa shape index (κ2) is 11.8. The Morgan fingerprint density at radius 2 is 1.70 bits per heavy atom. The van der Waals surface area contributed by atoms with E-state index in [2.05, 4.69) is 5.32 Å². The van der Waals surface area contributed by atoms with Crippen molar-refractivity contribution < 1.29 is 34.2 Å². The third-order valence-electron chi connectivity index (χ3n) is 4.76. The number of nitrogens with one attached hydrogen (secondary N) is 2. The summed E-state index contributed by atoms with van der Waals surface area (Å²) in [5.41, 5.74) is 2.27. The number of hydroxylamine groups is 1. The van der Waals surface area contributed by atoms with Gasteiger partial charge in [-0.1, -0.05) is 32.1 Å². The van der Waals surface area contributed by atoms with Gasteiger partial charge in [-0.25, -0.2) is 10.3 Å². The Labute approximate surface area is 192 Å². The molecule has 0 saturated heterocycles. The first-order chi connectivity index (χ1) is 15.7. The second-order valence-corrected chi connectivity index (χ2v) is 7.82. The molecule has 0 bridgehead atoms. The van der Waals surface area contributed by atoms with Crippen LogP contribution in [0.15, 0.2) is 60.7 Å². The summed E-state index contributed by atoms with van der Waals surface area (Å²) >= 11 is 0. The lowest BCUT2D eigenvalue weighted by Crippen LogP contribution is -2.28. The molecule has 2 amide bonds. The molecule has 0 aliphatic rings. The van der Waals surface area contributed by atoms with Gasteiger partial charge in [0.15, 0.2) is 5.78 Å². The SMILES string of the molecule is CC(=O)c1ccc(NC(=O)O[C@H](c2ccc(OCCO)cc2)C(C)(C)/C=C/C(=O)NO)cc1. The zero-order valence-electron chi connectivity index (χ0n) is 18.7. The molecule has 2 aromatic rings. The summed E-state index contributed by atoms with van der Waals surface area (Å²) in [6.07, 6.45) is 1.12. The summed E-state index contributed by atoms with van der Waals surface area (Å²) in [4.78, 5) is 35.6. The normalized spacial score (nSPS) is 12.2. The monoisotopic (exact) mass is 456 g/mol. The number of benzene rings is 2. The van der Waals surface area contributed by atoms with Crippen molar-refractivity contribution in [3.8, 4) is 5.75 Å². The van der Waals surface area contributed by atoms with Gasteiger partial charge in [0.05, 0.1) is 6.61 Å². The first kappa shape index (κ1) is 25.6. The second-order valence-electron chi connectivity index (χ2n) is 7.82. The van der Waals surface area contributed by atoms with Gasteiger partial charge in [-0.2, -0.15) is 0 Å². The lowest BCUT2D eigenvalue weighted by atomic mass is 9.82. The van der Waals surface area contributed by atoms with Crippen molar-refractivity contribution in [1.82, 2.24) is 5.48 Å². The Bertz CT molecular complexity index is 983. The van der Waals surface area contributed by atoms with Crippen LogP contribution < -0.4 is 15.5 Å². The predicted molar refractivity (Wildman–Crippen MR) is 121 cm³/mol. The van der Waals surface area contributed by atoms with E-state index in [4.69, 9.17) is 19.8 Å². The van der Waals surface area contributed by atoms with Crippen LogP contribution >= 0.6 is 0 Å². The number of hydrogen-bond donors (Lipinski definition) is 4. The molecule has 0 fully saturated rings. The number of rotatable bonds is 10. The average Bonchev–Trinajstić information content (AvgIpc) is 2.80. The lowest BCUT2D eigenvalue weighted by molar-refractivity contribution is -0.124. The number of aliphatic hydroxyl groups excluding tert-OH is 1. The first-order valence-corrected chi connectivity index (χ1v) is 10.2. The third-order valence-corrected chi connectivity index (χ3v) is 4.76. The van der Waals surface area contributed by atoms with Gasteiger partial charge in [-0.15, -0.1) is 0 Å². The molecular weight excluding hydrogens is 428 g/mol. The van der Waals surface area contributed by atoms with Gasteiger partial charge in [0.2, 0.25) is 0 Å². The van der Waals surface area contributed by atoms with Gasteiger partial charge < -0.3 is 14.6 Å². The number of aliphatic hydroxyl groups is 1. The van der Waals surface area contributed by atoms with Crippen molar-refractivity contribution in [3.05, 3.63) is 71.8 Å². The standard InChI is InChI=1S/C24H28N2O7/c1-16(28)17-4-8-19(9-5-17)25-23(30)33-22(24(2,3)13-12-21(29)26-31)18-6-10-20(11-7-18)32-15-14-27/h4-13,22,27,31H,14-15H2,1-3H3,(H,25,30)(H,26,29)/b13-12+/t22-/m1/s1. The Morgan fingerprint density at radius 3 is 2.24 bits per heavy atom. The summed E-state index contributed by atoms with van der Waals surface area (Å²) in [5.74, 6) is -0.268. The van der Waals surface area contributed by atoms with Crippen molar-refractivity contribution in [2.75, 3.05) is 18.5 Å². The minimum Gasteiger partial charge on any atom is -0.491 e. The van der Waals surface area contributed by atoms with E-state index in [-0.39, 0.29) is 19.0 Å². The van der Waals surface area contributed by atoms with Gasteiger partial charge in [-0.3, -0.25) is 20.1 Å². The molecular formula is C24H28N2O7. The summed E-state index contributed by atoms with van der Waals surface area (Å²) in [5, 5.41) is 20.3. The number of carbonyl (C=O) groups excluding carboxylic acids is 3. The van der Waals surface area contributed by atoms with Crippen molar-refractivity contribution in [3.63, 3.8) is 0 Å². The predicted octanol–water partition coefficient (Wildman–Crippen LogP) is 3.64. The van der Waals surface area contributed by atoms with Crippen LogP contribution in [0.25, 0.3) is 0 Å². The molecule has 1 atom stereocenters. The molecule has 9 heteroatoms. The first-order valence-electron chi connectivity index (χ1n) is 10.2. The fourth-order valence-corrected chi connectivity index (χ4v) is 3.01. The quantitative estimate of drug-likeness (QED) is 0.186. The average molecular weight is 456 g/mol. The maximum Gasteiger partial charge on any atom is 0.412 e. The molecule has 176 valence electrons. The molecule has 0 spiro atoms. The maximum atomic E-state index is 12.7. The summed E-state index contributed by atoms with van der Waals surface area (Å²) < 4.78 is 11.1. The largest absolute Gasteiger partial charge is 0.491 e. The van der Waals surface area contributed by atoms with Crippen molar-refractivity contribution >= 4 is 23.5 Å². The molecule has 33 heavy (non-hydrogen) atoms. The fraction of sp³-hybridized carbons (Fsp3) is 0.292. The van der Waals surface area contributed by atoms with Crippen LogP contribution in [-0.2, 0) is 9.53 Å². The number of Topliss-reactive ketones (excluding diaryl/α,β-unsaturated/α-hetero) is 1. The molecule has 9 nitrogen and oxygen atoms in total. The Hall–Kier alpha value is -3.69. The highest BCUT2D eigenvalue weighted by Gasteiger charge is 2.32. The highest BCUT2D eigenvalue weighted by atomic mass is 16.6. The van der Waals surface area contributed by atoms with E-state index in [1.54, 1.807) is 62.4 Å². The molecule has 4 N–H and O–H groups in total. The molecule has 0 aliphatic heterocycles. The third kappa shape index (κ3) is 7.74. The highest BCUT2D eigenvalue weighted by molar-refractivity contribution is 5.95. The molecule has 0 heterocycles. The molecule has 2 aromatic carbocycles. The molecule has 2 rings (SSSR count). The van der Waals surface area contributed by atoms with Gasteiger partial charge in [0.1, 0.15) is 18.5 Å². The van der Waals surface area contributed by atoms with Crippen molar-refractivity contribution in [2.24, 2.45) is 5.41 Å². The van der Waals surface area contributed by atoms with Gasteiger partial charge in [-0.05, 0) is 48.9 Å². The number of ether oxygens (including phenoxy) is 2. The summed E-state index contributed by atoms with van der Waals surface area (Å²) in [6.45, 7) is 5.02. The number of anilines is 1. The van der Waals surface area contributed by atoms with E-state index in [0.717, 1.165) is 6.08 Å². The van der Waals surface area contributed by atoms with Crippen LogP contribution in [0.2, 0.25) is 0 Å². The van der Waals surface area contributed by atoms with Crippen LogP contribution in [0.5, 0.6) is 5.75 Å². The van der Waals surface area contributed by atoms with E-state index in [0.29, 0.717) is 22.6 Å². The summed E-state index contributed by atoms with van der Waals surface area (Å²) in [6, 6.07) is 13.2. The Kier molecular flexibility index (Phi) is 9.14. The molecule has 0 aromatic heterocycles. The summed E-state index contributed by atoms with van der Waals surface area (Å²) in [7, 11) is 0. The van der Waals surface area contributed by atoms with Crippen LogP contribution in [-0.4, -0.2) is 41.3 Å². The molecule has 0 aliphatic carbocycles. The number of amides is 2. The van der Waals surface area contributed by atoms with E-state index in [1.165, 1.54) is 18.5 Å². The molecule has 0 radical (unpaired) electrons. The van der Waals surface area contributed by atoms with Crippen LogP contribution in [0.4, 0.5) is 10.5 Å². The lowest BCUT2D eigenvalue weighted by Gasteiger charge is -2.31.